The van der Waals surface area contributed by atoms with E-state index in [9.17, 15) is 0 Å². The van der Waals surface area contributed by atoms with Crippen molar-refractivity contribution in [1.82, 2.24) is 5.32 Å². The van der Waals surface area contributed by atoms with Crippen molar-refractivity contribution in [2.24, 2.45) is 0 Å². The number of ether oxygens (including phenoxy) is 2. The average molecular weight is 263 g/mol. The van der Waals surface area contributed by atoms with Crippen molar-refractivity contribution in [1.29, 1.82) is 0 Å². The minimum absolute atomic E-state index is 0.640. The maximum absolute atomic E-state index is 5.60. The molecule has 0 atom stereocenters. The fraction of sp³-hybridized carbons (Fsp3) is 0.500. The standard InChI is InChI=1S/C16H25NO2/c1-5-13(12-17-6-2)11-14-9-8-10-15(19-7-3)16(14)18-4/h8-11,17H,5-7,12H2,1-4H3. The van der Waals surface area contributed by atoms with Gasteiger partial charge in [0, 0.05) is 12.1 Å². The van der Waals surface area contributed by atoms with E-state index in [0.29, 0.717) is 6.61 Å². The van der Waals surface area contributed by atoms with E-state index >= 15 is 0 Å². The summed E-state index contributed by atoms with van der Waals surface area (Å²) < 4.78 is 11.1. The SMILES string of the molecule is CCNCC(=Cc1cccc(OCC)c1OC)CC. The monoisotopic (exact) mass is 263 g/mol. The number of nitrogens with one attached hydrogen (secondary N) is 1. The van der Waals surface area contributed by atoms with Crippen LogP contribution in [0.4, 0.5) is 0 Å². The van der Waals surface area contributed by atoms with Crippen molar-refractivity contribution in [2.75, 3.05) is 26.8 Å². The minimum Gasteiger partial charge on any atom is -0.492 e. The van der Waals surface area contributed by atoms with Crippen LogP contribution < -0.4 is 14.8 Å². The molecule has 0 unspecified atom stereocenters. The van der Waals surface area contributed by atoms with Gasteiger partial charge in [-0.2, -0.15) is 0 Å². The van der Waals surface area contributed by atoms with Gasteiger partial charge in [0.2, 0.25) is 0 Å². The lowest BCUT2D eigenvalue weighted by atomic mass is 10.1. The van der Waals surface area contributed by atoms with Gasteiger partial charge in [-0.3, -0.25) is 0 Å². The van der Waals surface area contributed by atoms with Crippen LogP contribution in [0.15, 0.2) is 23.8 Å². The van der Waals surface area contributed by atoms with E-state index in [0.717, 1.165) is 36.6 Å². The van der Waals surface area contributed by atoms with E-state index in [1.54, 1.807) is 7.11 Å². The van der Waals surface area contributed by atoms with Crippen molar-refractivity contribution >= 4 is 6.08 Å². The zero-order valence-electron chi connectivity index (χ0n) is 12.5. The molecule has 0 spiro atoms. The molecule has 0 radical (unpaired) electrons. The van der Waals surface area contributed by atoms with Gasteiger partial charge in [0.1, 0.15) is 0 Å². The summed E-state index contributed by atoms with van der Waals surface area (Å²) in [5.41, 5.74) is 2.43. The summed E-state index contributed by atoms with van der Waals surface area (Å²) in [6.07, 6.45) is 3.21. The van der Waals surface area contributed by atoms with Crippen LogP contribution in [0.5, 0.6) is 11.5 Å². The Bertz CT molecular complexity index is 413. The molecule has 0 fully saturated rings. The maximum Gasteiger partial charge on any atom is 0.167 e. The van der Waals surface area contributed by atoms with Gasteiger partial charge < -0.3 is 14.8 Å². The van der Waals surface area contributed by atoms with Gasteiger partial charge in [-0.15, -0.1) is 0 Å². The Morgan fingerprint density at radius 2 is 2.05 bits per heavy atom. The summed E-state index contributed by atoms with van der Waals surface area (Å²) in [5, 5.41) is 3.36. The molecule has 0 aliphatic carbocycles. The van der Waals surface area contributed by atoms with Crippen LogP contribution in [0, 0.1) is 0 Å². The molecule has 1 aromatic carbocycles. The van der Waals surface area contributed by atoms with Crippen molar-refractivity contribution in [3.05, 3.63) is 29.3 Å². The summed E-state index contributed by atoms with van der Waals surface area (Å²) >= 11 is 0. The Labute approximate surface area is 116 Å². The molecule has 3 nitrogen and oxygen atoms in total. The number of likely N-dealkylation sites (N-methyl/N-ethyl adjacent to an activating group) is 1. The molecule has 19 heavy (non-hydrogen) atoms. The van der Waals surface area contributed by atoms with Crippen LogP contribution in [0.2, 0.25) is 0 Å². The van der Waals surface area contributed by atoms with E-state index in [4.69, 9.17) is 9.47 Å². The summed E-state index contributed by atoms with van der Waals surface area (Å²) in [7, 11) is 1.69. The fourth-order valence-electron chi connectivity index (χ4n) is 1.92. The number of hydrogen-bond acceptors (Lipinski definition) is 3. The number of rotatable bonds is 8. The first-order valence-corrected chi connectivity index (χ1v) is 6.96. The molecule has 0 heterocycles. The second-order valence-electron chi connectivity index (χ2n) is 4.25. The third-order valence-electron chi connectivity index (χ3n) is 2.93. The number of benzene rings is 1. The first-order valence-electron chi connectivity index (χ1n) is 6.96. The van der Waals surface area contributed by atoms with E-state index < -0.39 is 0 Å². The van der Waals surface area contributed by atoms with Crippen molar-refractivity contribution < 1.29 is 9.47 Å². The highest BCUT2D eigenvalue weighted by atomic mass is 16.5. The van der Waals surface area contributed by atoms with E-state index in [-0.39, 0.29) is 0 Å². The predicted octanol–water partition coefficient (Wildman–Crippen LogP) is 3.50. The molecule has 0 aliphatic heterocycles. The average Bonchev–Trinajstić information content (AvgIpc) is 2.44. The summed E-state index contributed by atoms with van der Waals surface area (Å²) in [5.74, 6) is 1.62. The molecule has 3 heteroatoms. The predicted molar refractivity (Wildman–Crippen MR) is 81.0 cm³/mol. The normalized spacial score (nSPS) is 11.5. The molecule has 1 N–H and O–H groups in total. The Morgan fingerprint density at radius 1 is 1.26 bits per heavy atom. The van der Waals surface area contributed by atoms with E-state index in [1.165, 1.54) is 5.57 Å². The van der Waals surface area contributed by atoms with Gasteiger partial charge in [-0.1, -0.05) is 37.6 Å². The Morgan fingerprint density at radius 3 is 2.63 bits per heavy atom. The molecule has 106 valence electrons. The van der Waals surface area contributed by atoms with Gasteiger partial charge in [-0.05, 0) is 26.0 Å². The Hall–Kier alpha value is -1.48. The zero-order valence-corrected chi connectivity index (χ0v) is 12.5. The van der Waals surface area contributed by atoms with Crippen LogP contribution in [0.1, 0.15) is 32.8 Å². The highest BCUT2D eigenvalue weighted by Crippen LogP contribution is 2.32. The lowest BCUT2D eigenvalue weighted by Gasteiger charge is -2.13. The molecule has 0 saturated heterocycles. The van der Waals surface area contributed by atoms with Gasteiger partial charge in [-0.25, -0.2) is 0 Å². The number of hydrogen-bond donors (Lipinski definition) is 1. The van der Waals surface area contributed by atoms with Crippen molar-refractivity contribution in [2.45, 2.75) is 27.2 Å². The molecule has 0 aromatic heterocycles. The molecule has 1 aromatic rings. The quantitative estimate of drug-likeness (QED) is 0.778. The maximum atomic E-state index is 5.60. The molecule has 0 bridgehead atoms. The van der Waals surface area contributed by atoms with Crippen LogP contribution >= 0.6 is 0 Å². The molecular weight excluding hydrogens is 238 g/mol. The van der Waals surface area contributed by atoms with Gasteiger partial charge in [0.05, 0.1) is 13.7 Å². The summed E-state index contributed by atoms with van der Waals surface area (Å²) in [6.45, 7) is 8.79. The molecular formula is C16H25NO2. The molecule has 0 amide bonds. The van der Waals surface area contributed by atoms with Gasteiger partial charge in [0.15, 0.2) is 11.5 Å². The lowest BCUT2D eigenvalue weighted by molar-refractivity contribution is 0.310. The van der Waals surface area contributed by atoms with Crippen LogP contribution in [0.3, 0.4) is 0 Å². The summed E-state index contributed by atoms with van der Waals surface area (Å²) in [4.78, 5) is 0. The van der Waals surface area contributed by atoms with Crippen LogP contribution in [-0.2, 0) is 0 Å². The highest BCUT2D eigenvalue weighted by Gasteiger charge is 2.08. The fourth-order valence-corrected chi connectivity index (χ4v) is 1.92. The zero-order chi connectivity index (χ0) is 14.1. The van der Waals surface area contributed by atoms with E-state index in [2.05, 4.69) is 31.3 Å². The third kappa shape index (κ3) is 4.60. The second kappa shape index (κ2) is 8.59. The highest BCUT2D eigenvalue weighted by molar-refractivity contribution is 5.64. The van der Waals surface area contributed by atoms with Crippen LogP contribution in [0.25, 0.3) is 6.08 Å². The van der Waals surface area contributed by atoms with E-state index in [1.807, 2.05) is 19.1 Å². The second-order valence-corrected chi connectivity index (χ2v) is 4.25. The Balaban J connectivity index is 3.03. The Kier molecular flexibility index (Phi) is 7.04. The van der Waals surface area contributed by atoms with Crippen molar-refractivity contribution in [3.8, 4) is 11.5 Å². The third-order valence-corrected chi connectivity index (χ3v) is 2.93. The first-order chi connectivity index (χ1) is 9.26. The summed E-state index contributed by atoms with van der Waals surface area (Å²) in [6, 6.07) is 6.00. The van der Waals surface area contributed by atoms with Gasteiger partial charge >= 0.3 is 0 Å². The number of para-hydroxylation sites is 1. The molecule has 0 aliphatic rings. The number of methoxy groups -OCH3 is 1. The minimum atomic E-state index is 0.640. The first kappa shape index (κ1) is 15.6. The largest absolute Gasteiger partial charge is 0.492 e. The van der Waals surface area contributed by atoms with Crippen LogP contribution in [-0.4, -0.2) is 26.8 Å². The topological polar surface area (TPSA) is 30.5 Å². The van der Waals surface area contributed by atoms with Crippen molar-refractivity contribution in [3.63, 3.8) is 0 Å². The van der Waals surface area contributed by atoms with Gasteiger partial charge in [0.25, 0.3) is 0 Å². The molecule has 1 rings (SSSR count). The molecule has 0 saturated carbocycles. The lowest BCUT2D eigenvalue weighted by Crippen LogP contribution is -2.15. The smallest absolute Gasteiger partial charge is 0.167 e.